The van der Waals surface area contributed by atoms with Crippen LogP contribution in [0.3, 0.4) is 0 Å². The Morgan fingerprint density at radius 2 is 1.09 bits per heavy atom. The lowest BCUT2D eigenvalue weighted by Gasteiger charge is -2.29. The quantitative estimate of drug-likeness (QED) is 0.184. The van der Waals surface area contributed by atoms with E-state index in [9.17, 15) is 9.59 Å². The molecule has 0 aliphatic heterocycles. The fraction of sp³-hybridized carbons (Fsp3) is 0.200. The molecule has 2 N–H and O–H groups in total. The summed E-state index contributed by atoms with van der Waals surface area (Å²) in [7, 11) is 3.17. The number of amides is 2. The molecule has 0 bridgehead atoms. The topological polar surface area (TPSA) is 76.7 Å². The molecule has 2 amide bonds. The summed E-state index contributed by atoms with van der Waals surface area (Å²) < 4.78 is 10.5. The first kappa shape index (κ1) is 30.7. The summed E-state index contributed by atoms with van der Waals surface area (Å²) in [6.45, 7) is 6.92. The third kappa shape index (κ3) is 5.98. The van der Waals surface area contributed by atoms with Crippen LogP contribution in [0.5, 0.6) is 11.5 Å². The molecule has 6 rings (SSSR count). The second kappa shape index (κ2) is 12.2. The standard InChI is InChI=1S/C40H38N2O4/c1-39(2)25-40(3,30-15-19-32(20-16-30)42-38(44)29-9-7-11-34(23-29)46-5)36-24-27(14-21-35(36)39)26-12-17-31(18-13-26)41-37(43)28-8-6-10-33(22-28)45-4/h6-24H,25H2,1-5H3,(H,41,43)(H,42,44). The molecular formula is C40H38N2O4. The first-order chi connectivity index (χ1) is 22.1. The Balaban J connectivity index is 1.22. The molecule has 1 unspecified atom stereocenters. The third-order valence-corrected chi connectivity index (χ3v) is 9.06. The predicted molar refractivity (Wildman–Crippen MR) is 184 cm³/mol. The molecule has 6 nitrogen and oxygen atoms in total. The zero-order valence-corrected chi connectivity index (χ0v) is 26.8. The van der Waals surface area contributed by atoms with Crippen LogP contribution < -0.4 is 20.1 Å². The molecule has 0 heterocycles. The summed E-state index contributed by atoms with van der Waals surface area (Å²) in [5.74, 6) is 0.917. The second-order valence-corrected chi connectivity index (χ2v) is 12.7. The maximum atomic E-state index is 12.9. The lowest BCUT2D eigenvalue weighted by atomic mass is 9.75. The van der Waals surface area contributed by atoms with Gasteiger partial charge in [0, 0.05) is 27.9 Å². The van der Waals surface area contributed by atoms with Crippen LogP contribution in [0.4, 0.5) is 11.4 Å². The van der Waals surface area contributed by atoms with E-state index in [4.69, 9.17) is 9.47 Å². The van der Waals surface area contributed by atoms with Gasteiger partial charge in [0.1, 0.15) is 11.5 Å². The SMILES string of the molecule is COc1cccc(C(=O)Nc2ccc(-c3ccc4c(c3)C(C)(c3ccc(NC(=O)c5cccc(OC)c5)cc3)CC4(C)C)cc2)c1. The monoisotopic (exact) mass is 610 g/mol. The van der Waals surface area contributed by atoms with Crippen LogP contribution in [0.15, 0.2) is 115 Å². The van der Waals surface area contributed by atoms with Gasteiger partial charge in [0.2, 0.25) is 0 Å². The van der Waals surface area contributed by atoms with Crippen LogP contribution in [0, 0.1) is 0 Å². The van der Waals surface area contributed by atoms with Crippen LogP contribution in [0.25, 0.3) is 11.1 Å². The van der Waals surface area contributed by atoms with Crippen LogP contribution in [0.2, 0.25) is 0 Å². The first-order valence-electron chi connectivity index (χ1n) is 15.4. The van der Waals surface area contributed by atoms with Gasteiger partial charge in [-0.3, -0.25) is 9.59 Å². The number of nitrogens with one attached hydrogen (secondary N) is 2. The summed E-state index contributed by atoms with van der Waals surface area (Å²) >= 11 is 0. The minimum absolute atomic E-state index is 0.00384. The van der Waals surface area contributed by atoms with Crippen LogP contribution in [-0.4, -0.2) is 26.0 Å². The van der Waals surface area contributed by atoms with Crippen molar-refractivity contribution in [3.63, 3.8) is 0 Å². The van der Waals surface area contributed by atoms with Crippen molar-refractivity contribution in [2.45, 2.75) is 38.0 Å². The highest BCUT2D eigenvalue weighted by Crippen LogP contribution is 2.53. The smallest absolute Gasteiger partial charge is 0.255 e. The highest BCUT2D eigenvalue weighted by atomic mass is 16.5. The molecule has 0 fully saturated rings. The molecule has 1 aliphatic rings. The maximum absolute atomic E-state index is 12.9. The molecule has 5 aromatic carbocycles. The average Bonchev–Trinajstić information content (AvgIpc) is 3.29. The summed E-state index contributed by atoms with van der Waals surface area (Å²) in [4.78, 5) is 25.7. The zero-order valence-electron chi connectivity index (χ0n) is 26.8. The van der Waals surface area contributed by atoms with Gasteiger partial charge in [-0.1, -0.05) is 69.3 Å². The molecule has 1 atom stereocenters. The highest BCUT2D eigenvalue weighted by Gasteiger charge is 2.45. The Labute approximate surface area is 270 Å². The van der Waals surface area contributed by atoms with Crippen LogP contribution in [0.1, 0.15) is 64.6 Å². The largest absolute Gasteiger partial charge is 0.497 e. The van der Waals surface area contributed by atoms with Crippen molar-refractivity contribution in [2.24, 2.45) is 0 Å². The van der Waals surface area contributed by atoms with Crippen LogP contribution in [-0.2, 0) is 10.8 Å². The number of benzene rings is 5. The Kier molecular flexibility index (Phi) is 8.13. The number of carbonyl (C=O) groups is 2. The van der Waals surface area contributed by atoms with Gasteiger partial charge >= 0.3 is 0 Å². The second-order valence-electron chi connectivity index (χ2n) is 12.7. The predicted octanol–water partition coefficient (Wildman–Crippen LogP) is 8.86. The number of anilines is 2. The number of hydrogen-bond donors (Lipinski definition) is 2. The summed E-state index contributed by atoms with van der Waals surface area (Å²) in [5, 5.41) is 5.99. The Morgan fingerprint density at radius 1 is 0.587 bits per heavy atom. The molecular weight excluding hydrogens is 572 g/mol. The number of carbonyl (C=O) groups excluding carboxylic acids is 2. The average molecular weight is 611 g/mol. The Hall–Kier alpha value is -5.36. The van der Waals surface area contributed by atoms with E-state index in [-0.39, 0.29) is 22.6 Å². The van der Waals surface area contributed by atoms with Crippen molar-refractivity contribution >= 4 is 23.2 Å². The molecule has 0 aromatic heterocycles. The highest BCUT2D eigenvalue weighted by molar-refractivity contribution is 6.05. The van der Waals surface area contributed by atoms with Crippen molar-refractivity contribution in [2.75, 3.05) is 24.9 Å². The van der Waals surface area contributed by atoms with Crippen molar-refractivity contribution in [1.82, 2.24) is 0 Å². The van der Waals surface area contributed by atoms with Crippen molar-refractivity contribution in [3.8, 4) is 22.6 Å². The van der Waals surface area contributed by atoms with Gasteiger partial charge < -0.3 is 20.1 Å². The van der Waals surface area contributed by atoms with Gasteiger partial charge in [-0.25, -0.2) is 0 Å². The van der Waals surface area contributed by atoms with E-state index in [2.05, 4.69) is 61.7 Å². The van der Waals surface area contributed by atoms with Crippen LogP contribution >= 0.6 is 0 Å². The molecule has 1 aliphatic carbocycles. The minimum Gasteiger partial charge on any atom is -0.497 e. The Morgan fingerprint density at radius 3 is 1.61 bits per heavy atom. The van der Waals surface area contributed by atoms with Gasteiger partial charge in [0.05, 0.1) is 14.2 Å². The van der Waals surface area contributed by atoms with E-state index in [0.29, 0.717) is 22.6 Å². The number of methoxy groups -OCH3 is 2. The Bertz CT molecular complexity index is 1910. The van der Waals surface area contributed by atoms with E-state index in [0.717, 1.165) is 28.9 Å². The number of ether oxygens (including phenoxy) is 2. The van der Waals surface area contributed by atoms with E-state index >= 15 is 0 Å². The first-order valence-corrected chi connectivity index (χ1v) is 15.4. The number of hydrogen-bond acceptors (Lipinski definition) is 4. The summed E-state index contributed by atoms with van der Waals surface area (Å²) in [5.41, 5.74) is 8.37. The molecule has 0 spiro atoms. The van der Waals surface area contributed by atoms with Gasteiger partial charge in [0.15, 0.2) is 0 Å². The fourth-order valence-electron chi connectivity index (χ4n) is 6.70. The normalized spacial score (nSPS) is 16.3. The fourth-order valence-corrected chi connectivity index (χ4v) is 6.70. The maximum Gasteiger partial charge on any atom is 0.255 e. The van der Waals surface area contributed by atoms with Crippen molar-refractivity contribution < 1.29 is 19.1 Å². The van der Waals surface area contributed by atoms with E-state index in [1.165, 1.54) is 16.7 Å². The van der Waals surface area contributed by atoms with Gasteiger partial charge in [-0.15, -0.1) is 0 Å². The van der Waals surface area contributed by atoms with Gasteiger partial charge in [-0.05, 0) is 106 Å². The van der Waals surface area contributed by atoms with E-state index in [1.54, 1.807) is 50.6 Å². The number of rotatable bonds is 8. The molecule has 6 heteroatoms. The molecule has 232 valence electrons. The summed E-state index contributed by atoms with van der Waals surface area (Å²) in [6, 6.07) is 37.1. The minimum atomic E-state index is -0.213. The molecule has 5 aromatic rings. The molecule has 0 saturated heterocycles. The lowest BCUT2D eigenvalue weighted by Crippen LogP contribution is -2.23. The van der Waals surface area contributed by atoms with Crippen molar-refractivity contribution in [1.29, 1.82) is 0 Å². The third-order valence-electron chi connectivity index (χ3n) is 9.06. The number of fused-ring (bicyclic) bond motifs is 1. The van der Waals surface area contributed by atoms with E-state index < -0.39 is 0 Å². The molecule has 0 radical (unpaired) electrons. The molecule has 46 heavy (non-hydrogen) atoms. The van der Waals surface area contributed by atoms with Gasteiger partial charge in [-0.2, -0.15) is 0 Å². The van der Waals surface area contributed by atoms with Crippen molar-refractivity contribution in [3.05, 3.63) is 143 Å². The lowest BCUT2D eigenvalue weighted by molar-refractivity contribution is 0.101. The molecule has 0 saturated carbocycles. The summed E-state index contributed by atoms with van der Waals surface area (Å²) in [6.07, 6.45) is 0.962. The van der Waals surface area contributed by atoms with Gasteiger partial charge in [0.25, 0.3) is 11.8 Å². The zero-order chi connectivity index (χ0) is 32.5. The van der Waals surface area contributed by atoms with E-state index in [1.807, 2.05) is 48.5 Å².